The predicted molar refractivity (Wildman–Crippen MR) is 90.2 cm³/mol. The summed E-state index contributed by atoms with van der Waals surface area (Å²) in [5.41, 5.74) is 0.110. The third kappa shape index (κ3) is 3.10. The number of carbonyl (C=O) groups is 2. The maximum Gasteiger partial charge on any atom is 0.355 e. The normalized spacial score (nSPS) is 11.9. The van der Waals surface area contributed by atoms with E-state index in [0.717, 1.165) is 0 Å². The van der Waals surface area contributed by atoms with E-state index in [4.69, 9.17) is 4.74 Å². The Morgan fingerprint density at radius 3 is 2.42 bits per heavy atom. The largest absolute Gasteiger partial charge is 0.450 e. The van der Waals surface area contributed by atoms with Gasteiger partial charge in [0.15, 0.2) is 6.10 Å². The van der Waals surface area contributed by atoms with Gasteiger partial charge in [0.25, 0.3) is 5.56 Å². The van der Waals surface area contributed by atoms with Crippen molar-refractivity contribution in [2.75, 3.05) is 0 Å². The Kier molecular flexibility index (Phi) is 4.24. The molecule has 1 N–H and O–H groups in total. The Morgan fingerprint density at radius 2 is 1.67 bits per heavy atom. The molecule has 1 atom stereocenters. The number of rotatable bonds is 4. The summed E-state index contributed by atoms with van der Waals surface area (Å²) >= 11 is 0. The van der Waals surface area contributed by atoms with E-state index >= 15 is 0 Å². The number of carbonyl (C=O) groups excluding carboxylic acids is 2. The van der Waals surface area contributed by atoms with Crippen LogP contribution >= 0.6 is 0 Å². The molecule has 0 saturated carbocycles. The number of Topliss-reactive ketones (excluding diaryl/α,β-unsaturated/α-hetero) is 1. The molecule has 24 heavy (non-hydrogen) atoms. The van der Waals surface area contributed by atoms with E-state index in [1.807, 2.05) is 0 Å². The fraction of sp³-hybridized carbons (Fsp3) is 0.105. The summed E-state index contributed by atoms with van der Waals surface area (Å²) in [5.74, 6) is -1.04. The molecule has 120 valence electrons. The Bertz CT molecular complexity index is 960. The minimum atomic E-state index is -0.949. The number of aromatic amines is 1. The number of esters is 1. The molecule has 0 bridgehead atoms. The van der Waals surface area contributed by atoms with Crippen molar-refractivity contribution < 1.29 is 14.3 Å². The molecule has 2 aromatic carbocycles. The maximum atomic E-state index is 12.2. The van der Waals surface area contributed by atoms with E-state index in [-0.39, 0.29) is 17.0 Å². The Balaban J connectivity index is 1.82. The number of H-pyrrole nitrogens is 1. The monoisotopic (exact) mass is 321 g/mol. The number of benzene rings is 2. The third-order valence-corrected chi connectivity index (χ3v) is 3.68. The fourth-order valence-corrected chi connectivity index (χ4v) is 2.44. The van der Waals surface area contributed by atoms with Crippen molar-refractivity contribution in [1.82, 2.24) is 4.98 Å². The molecule has 1 aromatic heterocycles. The number of ether oxygens (including phenoxy) is 1. The minimum absolute atomic E-state index is 0.0198. The summed E-state index contributed by atoms with van der Waals surface area (Å²) in [6.45, 7) is 1.51. The van der Waals surface area contributed by atoms with Gasteiger partial charge in [0.2, 0.25) is 5.78 Å². The Labute approximate surface area is 137 Å². The maximum absolute atomic E-state index is 12.2. The second-order valence-electron chi connectivity index (χ2n) is 5.38. The van der Waals surface area contributed by atoms with E-state index in [9.17, 15) is 14.4 Å². The van der Waals surface area contributed by atoms with Crippen molar-refractivity contribution in [2.24, 2.45) is 0 Å². The summed E-state index contributed by atoms with van der Waals surface area (Å²) in [5, 5.41) is 1.12. The zero-order valence-electron chi connectivity index (χ0n) is 13.0. The summed E-state index contributed by atoms with van der Waals surface area (Å²) in [6, 6.07) is 17.1. The van der Waals surface area contributed by atoms with Crippen molar-refractivity contribution in [3.05, 3.63) is 82.3 Å². The molecule has 0 unspecified atom stereocenters. The van der Waals surface area contributed by atoms with Crippen molar-refractivity contribution in [3.8, 4) is 0 Å². The molecular formula is C19H15NO4. The quantitative estimate of drug-likeness (QED) is 0.592. The molecule has 3 aromatic rings. The zero-order chi connectivity index (χ0) is 17.1. The lowest BCUT2D eigenvalue weighted by molar-refractivity contribution is 0.0313. The zero-order valence-corrected chi connectivity index (χ0v) is 13.0. The molecule has 3 rings (SSSR count). The molecule has 0 aliphatic heterocycles. The van der Waals surface area contributed by atoms with Crippen LogP contribution in [0.1, 0.15) is 27.8 Å². The smallest absolute Gasteiger partial charge is 0.355 e. The molecule has 5 nitrogen and oxygen atoms in total. The van der Waals surface area contributed by atoms with Crippen molar-refractivity contribution in [2.45, 2.75) is 13.0 Å². The van der Waals surface area contributed by atoms with Gasteiger partial charge in [0.05, 0.1) is 0 Å². The number of pyridine rings is 1. The lowest BCUT2D eigenvalue weighted by Crippen LogP contribution is -2.26. The van der Waals surface area contributed by atoms with Crippen LogP contribution in [0, 0.1) is 0 Å². The number of aromatic nitrogens is 1. The van der Waals surface area contributed by atoms with Gasteiger partial charge in [0, 0.05) is 10.9 Å². The summed E-state index contributed by atoms with van der Waals surface area (Å²) in [4.78, 5) is 39.0. The minimum Gasteiger partial charge on any atom is -0.450 e. The van der Waals surface area contributed by atoms with Crippen LogP contribution in [-0.4, -0.2) is 22.8 Å². The van der Waals surface area contributed by atoms with Gasteiger partial charge < -0.3 is 9.72 Å². The highest BCUT2D eigenvalue weighted by atomic mass is 16.5. The van der Waals surface area contributed by atoms with Crippen LogP contribution in [-0.2, 0) is 4.74 Å². The van der Waals surface area contributed by atoms with Crippen molar-refractivity contribution in [1.29, 1.82) is 0 Å². The Hall–Kier alpha value is -3.21. The van der Waals surface area contributed by atoms with Gasteiger partial charge in [0.1, 0.15) is 5.69 Å². The van der Waals surface area contributed by atoms with Gasteiger partial charge in [-0.2, -0.15) is 0 Å². The SMILES string of the molecule is C[C@H](OC(=O)c1cc2ccccc2c(=O)[nH]1)C(=O)c1ccccc1. The predicted octanol–water partition coefficient (Wildman–Crippen LogP) is 2.96. The number of fused-ring (bicyclic) bond motifs is 1. The lowest BCUT2D eigenvalue weighted by atomic mass is 10.1. The average Bonchev–Trinajstić information content (AvgIpc) is 2.61. The second-order valence-corrected chi connectivity index (χ2v) is 5.38. The van der Waals surface area contributed by atoms with Crippen LogP contribution < -0.4 is 5.56 Å². The van der Waals surface area contributed by atoms with Crippen LogP contribution in [0.15, 0.2) is 65.5 Å². The summed E-state index contributed by atoms with van der Waals surface area (Å²) < 4.78 is 5.20. The second kappa shape index (κ2) is 6.50. The molecule has 0 aliphatic carbocycles. The Morgan fingerprint density at radius 1 is 1.00 bits per heavy atom. The molecule has 1 heterocycles. The first-order chi connectivity index (χ1) is 11.6. The van der Waals surface area contributed by atoms with Crippen molar-refractivity contribution in [3.63, 3.8) is 0 Å². The van der Waals surface area contributed by atoms with E-state index < -0.39 is 12.1 Å². The van der Waals surface area contributed by atoms with Gasteiger partial charge in [-0.25, -0.2) is 4.79 Å². The number of hydrogen-bond acceptors (Lipinski definition) is 4. The first-order valence-corrected chi connectivity index (χ1v) is 7.48. The van der Waals surface area contributed by atoms with Gasteiger partial charge in [-0.05, 0) is 24.4 Å². The number of hydrogen-bond donors (Lipinski definition) is 1. The van der Waals surface area contributed by atoms with E-state index in [1.54, 1.807) is 60.7 Å². The van der Waals surface area contributed by atoms with Crippen molar-refractivity contribution >= 4 is 22.5 Å². The fourth-order valence-electron chi connectivity index (χ4n) is 2.44. The standard InChI is InChI=1S/C19H15NO4/c1-12(17(21)13-7-3-2-4-8-13)24-19(23)16-11-14-9-5-6-10-15(14)18(22)20-16/h2-12H,1H3,(H,20,22)/t12-/m0/s1. The highest BCUT2D eigenvalue weighted by molar-refractivity contribution is 6.01. The van der Waals surface area contributed by atoms with E-state index in [2.05, 4.69) is 4.98 Å². The van der Waals surface area contributed by atoms with Crippen LogP contribution in [0.5, 0.6) is 0 Å². The molecule has 0 aliphatic rings. The van der Waals surface area contributed by atoms with Gasteiger partial charge in [-0.1, -0.05) is 48.5 Å². The first kappa shape index (κ1) is 15.7. The molecule has 0 fully saturated rings. The van der Waals surface area contributed by atoms with E-state index in [1.165, 1.54) is 6.92 Å². The molecule has 0 radical (unpaired) electrons. The van der Waals surface area contributed by atoms with Crippen LogP contribution in [0.25, 0.3) is 10.8 Å². The first-order valence-electron chi connectivity index (χ1n) is 7.48. The molecule has 0 amide bonds. The summed E-state index contributed by atoms with van der Waals surface area (Å²) in [6.07, 6.45) is -0.949. The van der Waals surface area contributed by atoms with Gasteiger partial charge in [-0.15, -0.1) is 0 Å². The number of ketones is 1. The lowest BCUT2D eigenvalue weighted by Gasteiger charge is -2.12. The molecule has 0 saturated heterocycles. The molecule has 0 spiro atoms. The molecule has 5 heteroatoms. The summed E-state index contributed by atoms with van der Waals surface area (Å²) in [7, 11) is 0. The van der Waals surface area contributed by atoms with Crippen LogP contribution in [0.2, 0.25) is 0 Å². The van der Waals surface area contributed by atoms with E-state index in [0.29, 0.717) is 16.3 Å². The van der Waals surface area contributed by atoms with Crippen LogP contribution in [0.3, 0.4) is 0 Å². The van der Waals surface area contributed by atoms with Gasteiger partial charge >= 0.3 is 5.97 Å². The molecular weight excluding hydrogens is 306 g/mol. The highest BCUT2D eigenvalue weighted by Crippen LogP contribution is 2.12. The van der Waals surface area contributed by atoms with Gasteiger partial charge in [-0.3, -0.25) is 9.59 Å². The topological polar surface area (TPSA) is 76.2 Å². The highest BCUT2D eigenvalue weighted by Gasteiger charge is 2.21. The average molecular weight is 321 g/mol. The van der Waals surface area contributed by atoms with Crippen LogP contribution in [0.4, 0.5) is 0 Å². The number of nitrogens with one attached hydrogen (secondary N) is 1. The third-order valence-electron chi connectivity index (χ3n) is 3.68.